The molecule has 0 aliphatic carbocycles. The third kappa shape index (κ3) is 4.21. The highest BCUT2D eigenvalue weighted by Crippen LogP contribution is 2.29. The maximum absolute atomic E-state index is 12.3. The number of hydrogen-bond acceptors (Lipinski definition) is 7. The molecular formula is C19H18N4O2S3. The van der Waals surface area contributed by atoms with Crippen molar-refractivity contribution >= 4 is 50.1 Å². The number of carbonyl (C=O) groups is 1. The summed E-state index contributed by atoms with van der Waals surface area (Å²) in [6, 6.07) is 5.94. The second-order valence-electron chi connectivity index (χ2n) is 6.25. The van der Waals surface area contributed by atoms with E-state index in [9.17, 15) is 9.59 Å². The highest BCUT2D eigenvalue weighted by molar-refractivity contribution is 7.16. The van der Waals surface area contributed by atoms with E-state index in [1.54, 1.807) is 28.7 Å². The third-order valence-corrected chi connectivity index (χ3v) is 7.02. The summed E-state index contributed by atoms with van der Waals surface area (Å²) in [4.78, 5) is 36.3. The Hall–Kier alpha value is -2.36. The lowest BCUT2D eigenvalue weighted by molar-refractivity contribution is -0.121. The van der Waals surface area contributed by atoms with Gasteiger partial charge in [-0.1, -0.05) is 0 Å². The largest absolute Gasteiger partial charge is 0.356 e. The van der Waals surface area contributed by atoms with Gasteiger partial charge >= 0.3 is 0 Å². The van der Waals surface area contributed by atoms with E-state index in [0.29, 0.717) is 18.5 Å². The average Bonchev–Trinajstić information content (AvgIpc) is 3.41. The summed E-state index contributed by atoms with van der Waals surface area (Å²) in [6.45, 7) is 2.90. The summed E-state index contributed by atoms with van der Waals surface area (Å²) in [5.74, 6) is -0.0655. The summed E-state index contributed by atoms with van der Waals surface area (Å²) in [6.07, 6.45) is 2.55. The van der Waals surface area contributed by atoms with Gasteiger partial charge in [-0.15, -0.1) is 34.0 Å². The molecule has 0 aromatic carbocycles. The van der Waals surface area contributed by atoms with Crippen LogP contribution in [0.2, 0.25) is 0 Å². The van der Waals surface area contributed by atoms with Crippen molar-refractivity contribution in [3.8, 4) is 10.6 Å². The lowest BCUT2D eigenvalue weighted by Gasteiger charge is -2.06. The van der Waals surface area contributed by atoms with E-state index in [2.05, 4.69) is 32.8 Å². The number of aromatic nitrogens is 3. The van der Waals surface area contributed by atoms with E-state index in [1.807, 2.05) is 12.3 Å². The van der Waals surface area contributed by atoms with Gasteiger partial charge in [0.1, 0.15) is 4.83 Å². The molecule has 0 spiro atoms. The van der Waals surface area contributed by atoms with Crippen LogP contribution in [0.1, 0.15) is 16.3 Å². The zero-order chi connectivity index (χ0) is 19.5. The average molecular weight is 431 g/mol. The summed E-state index contributed by atoms with van der Waals surface area (Å²) in [5, 5.41) is 8.51. The number of thiazole rings is 1. The lowest BCUT2D eigenvalue weighted by Crippen LogP contribution is -2.28. The smallest absolute Gasteiger partial charge is 0.262 e. The van der Waals surface area contributed by atoms with Crippen molar-refractivity contribution in [3.63, 3.8) is 0 Å². The molecule has 0 unspecified atom stereocenters. The van der Waals surface area contributed by atoms with Gasteiger partial charge in [0.2, 0.25) is 5.91 Å². The Balaban J connectivity index is 1.26. The predicted molar refractivity (Wildman–Crippen MR) is 115 cm³/mol. The molecule has 0 saturated heterocycles. The number of hydrogen-bond donors (Lipinski definition) is 1. The van der Waals surface area contributed by atoms with E-state index in [4.69, 9.17) is 0 Å². The van der Waals surface area contributed by atoms with Crippen LogP contribution >= 0.6 is 34.0 Å². The first-order valence-corrected chi connectivity index (χ1v) is 11.4. The zero-order valence-corrected chi connectivity index (χ0v) is 17.6. The van der Waals surface area contributed by atoms with Crippen LogP contribution in [-0.2, 0) is 17.8 Å². The number of nitrogens with one attached hydrogen (secondary N) is 1. The molecule has 0 aliphatic rings. The minimum Gasteiger partial charge on any atom is -0.356 e. The Morgan fingerprint density at radius 3 is 2.96 bits per heavy atom. The normalized spacial score (nSPS) is 11.2. The Morgan fingerprint density at radius 2 is 2.14 bits per heavy atom. The number of thiophene rings is 2. The number of nitrogens with zero attached hydrogens (tertiary/aromatic N) is 3. The van der Waals surface area contributed by atoms with Gasteiger partial charge in [-0.2, -0.15) is 0 Å². The van der Waals surface area contributed by atoms with Gasteiger partial charge in [-0.25, -0.2) is 9.97 Å². The molecule has 1 amide bonds. The topological polar surface area (TPSA) is 76.9 Å². The highest BCUT2D eigenvalue weighted by atomic mass is 32.1. The number of amides is 1. The first-order valence-electron chi connectivity index (χ1n) is 8.81. The van der Waals surface area contributed by atoms with Gasteiger partial charge in [0.05, 0.1) is 27.3 Å². The number of aryl methyl sites for hydroxylation is 2. The van der Waals surface area contributed by atoms with E-state index < -0.39 is 0 Å². The van der Waals surface area contributed by atoms with Crippen molar-refractivity contribution < 1.29 is 4.79 Å². The number of rotatable bonds is 7. The van der Waals surface area contributed by atoms with E-state index in [0.717, 1.165) is 26.8 Å². The molecule has 0 saturated carbocycles. The molecule has 4 heterocycles. The van der Waals surface area contributed by atoms with Crippen LogP contribution in [0.3, 0.4) is 0 Å². The molecule has 1 N–H and O–H groups in total. The van der Waals surface area contributed by atoms with Gasteiger partial charge in [-0.3, -0.25) is 14.2 Å². The number of carbonyl (C=O) groups excluding carboxylic acids is 1. The fraction of sp³-hybridized carbons (Fsp3) is 0.263. The first kappa shape index (κ1) is 19.0. The van der Waals surface area contributed by atoms with Crippen molar-refractivity contribution in [1.82, 2.24) is 19.9 Å². The Labute approximate surface area is 173 Å². The summed E-state index contributed by atoms with van der Waals surface area (Å²) in [5.41, 5.74) is 0.923. The van der Waals surface area contributed by atoms with E-state index in [-0.39, 0.29) is 17.9 Å². The van der Waals surface area contributed by atoms with Crippen LogP contribution in [0.25, 0.3) is 20.8 Å². The van der Waals surface area contributed by atoms with Gasteiger partial charge in [0, 0.05) is 29.8 Å². The minimum atomic E-state index is -0.0950. The molecule has 28 heavy (non-hydrogen) atoms. The van der Waals surface area contributed by atoms with Crippen molar-refractivity contribution in [2.75, 3.05) is 6.54 Å². The molecule has 0 aliphatic heterocycles. The van der Waals surface area contributed by atoms with Crippen LogP contribution < -0.4 is 10.9 Å². The first-order chi connectivity index (χ1) is 13.6. The fourth-order valence-corrected chi connectivity index (χ4v) is 5.19. The molecule has 6 nitrogen and oxygen atoms in total. The Morgan fingerprint density at radius 1 is 1.25 bits per heavy atom. The van der Waals surface area contributed by atoms with Crippen molar-refractivity contribution in [3.05, 3.63) is 55.5 Å². The molecule has 4 aromatic rings. The van der Waals surface area contributed by atoms with Crippen molar-refractivity contribution in [2.24, 2.45) is 0 Å². The van der Waals surface area contributed by atoms with Crippen molar-refractivity contribution in [2.45, 2.75) is 26.3 Å². The summed E-state index contributed by atoms with van der Waals surface area (Å²) in [7, 11) is 0. The second kappa shape index (κ2) is 8.34. The molecule has 4 rings (SSSR count). The molecule has 0 fully saturated rings. The molecule has 144 valence electrons. The predicted octanol–water partition coefficient (Wildman–Crippen LogP) is 3.70. The van der Waals surface area contributed by atoms with Crippen LogP contribution in [0.4, 0.5) is 0 Å². The SMILES string of the molecule is Cc1nc(-c2ccc(CCNC(=O)CCn3cnc4sccc4c3=O)s2)cs1. The zero-order valence-electron chi connectivity index (χ0n) is 15.2. The molecule has 9 heteroatoms. The van der Waals surface area contributed by atoms with Crippen LogP contribution in [0.15, 0.2) is 40.1 Å². The standard InChI is InChI=1S/C19H18N4O2S3/c1-12-22-15(10-27-12)16-3-2-13(28-16)4-7-20-17(24)5-8-23-11-21-18-14(19(23)25)6-9-26-18/h2-3,6,9-11H,4-5,7-8H2,1H3,(H,20,24). The summed E-state index contributed by atoms with van der Waals surface area (Å²) < 4.78 is 1.50. The maximum Gasteiger partial charge on any atom is 0.262 e. The molecule has 0 radical (unpaired) electrons. The molecule has 0 bridgehead atoms. The van der Waals surface area contributed by atoms with Crippen molar-refractivity contribution in [1.29, 1.82) is 0 Å². The van der Waals surface area contributed by atoms with Gasteiger partial charge in [0.25, 0.3) is 5.56 Å². The van der Waals surface area contributed by atoms with E-state index >= 15 is 0 Å². The Bertz CT molecular complexity index is 1170. The number of fused-ring (bicyclic) bond motifs is 1. The molecule has 0 atom stereocenters. The van der Waals surface area contributed by atoms with Crippen LogP contribution in [0, 0.1) is 6.92 Å². The fourth-order valence-electron chi connectivity index (χ4n) is 2.81. The lowest BCUT2D eigenvalue weighted by atomic mass is 10.3. The second-order valence-corrected chi connectivity index (χ2v) is 9.38. The highest BCUT2D eigenvalue weighted by Gasteiger charge is 2.09. The van der Waals surface area contributed by atoms with Gasteiger partial charge < -0.3 is 5.32 Å². The quantitative estimate of drug-likeness (QED) is 0.485. The molecular weight excluding hydrogens is 412 g/mol. The van der Waals surface area contributed by atoms with Crippen LogP contribution in [-0.4, -0.2) is 27.0 Å². The Kier molecular flexibility index (Phi) is 5.65. The van der Waals surface area contributed by atoms with Crippen LogP contribution in [0.5, 0.6) is 0 Å². The minimum absolute atomic E-state index is 0.0655. The monoisotopic (exact) mass is 430 g/mol. The third-order valence-electron chi connectivity index (χ3n) is 4.26. The van der Waals surface area contributed by atoms with Gasteiger partial charge in [-0.05, 0) is 36.9 Å². The molecule has 4 aromatic heterocycles. The summed E-state index contributed by atoms with van der Waals surface area (Å²) >= 11 is 4.79. The maximum atomic E-state index is 12.3. The van der Waals surface area contributed by atoms with Gasteiger partial charge in [0.15, 0.2) is 0 Å². The van der Waals surface area contributed by atoms with E-state index in [1.165, 1.54) is 27.1 Å².